The Bertz CT molecular complexity index is 719. The highest BCUT2D eigenvalue weighted by atomic mass is 32.2. The van der Waals surface area contributed by atoms with E-state index in [1.54, 1.807) is 16.7 Å². The molecule has 1 heterocycles. The first-order valence-electron chi connectivity index (χ1n) is 8.41. The van der Waals surface area contributed by atoms with E-state index in [9.17, 15) is 13.2 Å². The fraction of sp³-hybridized carbons (Fsp3) is 0.588. The largest absolute Gasteiger partial charge is 0.341 e. The predicted octanol–water partition coefficient (Wildman–Crippen LogP) is 1.76. The summed E-state index contributed by atoms with van der Waals surface area (Å²) in [4.78, 5) is 15.4. The van der Waals surface area contributed by atoms with E-state index in [1.807, 2.05) is 0 Å². The Hall–Kier alpha value is -1.05. The number of nitrogens with zero attached hydrogens (tertiary/aromatic N) is 2. The maximum absolute atomic E-state index is 12.5. The van der Waals surface area contributed by atoms with Crippen LogP contribution in [0.2, 0.25) is 0 Å². The van der Waals surface area contributed by atoms with Gasteiger partial charge in [-0.05, 0) is 48.9 Å². The highest BCUT2D eigenvalue weighted by Crippen LogP contribution is 2.27. The molecule has 1 amide bonds. The van der Waals surface area contributed by atoms with E-state index in [4.69, 9.17) is 0 Å². The third-order valence-corrected chi connectivity index (χ3v) is 6.99. The maximum Gasteiger partial charge on any atom is 0.232 e. The van der Waals surface area contributed by atoms with Crippen LogP contribution in [0.15, 0.2) is 23.1 Å². The van der Waals surface area contributed by atoms with Crippen LogP contribution in [0.4, 0.5) is 0 Å². The molecule has 0 radical (unpaired) electrons. The van der Waals surface area contributed by atoms with Gasteiger partial charge in [0, 0.05) is 31.1 Å². The van der Waals surface area contributed by atoms with Crippen LogP contribution < -0.4 is 0 Å². The topological polar surface area (TPSA) is 57.7 Å². The van der Waals surface area contributed by atoms with Crippen molar-refractivity contribution in [3.63, 3.8) is 0 Å². The highest BCUT2D eigenvalue weighted by molar-refractivity contribution is 8.00. The van der Waals surface area contributed by atoms with Gasteiger partial charge in [0.25, 0.3) is 0 Å². The van der Waals surface area contributed by atoms with E-state index >= 15 is 0 Å². The van der Waals surface area contributed by atoms with Gasteiger partial charge in [0.05, 0.1) is 12.0 Å². The van der Waals surface area contributed by atoms with E-state index in [-0.39, 0.29) is 5.91 Å². The minimum atomic E-state index is -3.17. The Kier molecular flexibility index (Phi) is 5.52. The standard InChI is InChI=1S/C17H24N2O3S2/c1-24(21,22)19-9-3-8-18(10-11-19)17(20)13-23-16-7-6-14-4-2-5-15(14)12-16/h6-7,12H,2-5,8-11,13H2,1H3. The summed E-state index contributed by atoms with van der Waals surface area (Å²) in [7, 11) is -3.17. The third-order valence-electron chi connectivity index (χ3n) is 4.71. The Labute approximate surface area is 148 Å². The van der Waals surface area contributed by atoms with Crippen LogP contribution in [0.1, 0.15) is 24.0 Å². The van der Waals surface area contributed by atoms with Crippen molar-refractivity contribution in [1.82, 2.24) is 9.21 Å². The average Bonchev–Trinajstić information content (AvgIpc) is 2.84. The summed E-state index contributed by atoms with van der Waals surface area (Å²) in [5.41, 5.74) is 2.87. The lowest BCUT2D eigenvalue weighted by molar-refractivity contribution is -0.128. The second-order valence-electron chi connectivity index (χ2n) is 6.47. The number of fused-ring (bicyclic) bond motifs is 1. The molecule has 1 aliphatic heterocycles. The molecule has 1 saturated heterocycles. The van der Waals surface area contributed by atoms with Crippen molar-refractivity contribution >= 4 is 27.7 Å². The number of aryl methyl sites for hydroxylation is 2. The number of hydrogen-bond donors (Lipinski definition) is 0. The number of hydrogen-bond acceptors (Lipinski definition) is 4. The van der Waals surface area contributed by atoms with Gasteiger partial charge < -0.3 is 4.90 Å². The fourth-order valence-corrected chi connectivity index (χ4v) is 5.09. The molecule has 24 heavy (non-hydrogen) atoms. The van der Waals surface area contributed by atoms with Gasteiger partial charge in [-0.1, -0.05) is 6.07 Å². The van der Waals surface area contributed by atoms with Crippen molar-refractivity contribution in [1.29, 1.82) is 0 Å². The highest BCUT2D eigenvalue weighted by Gasteiger charge is 2.23. The van der Waals surface area contributed by atoms with Gasteiger partial charge in [-0.2, -0.15) is 0 Å². The molecule has 2 aliphatic rings. The van der Waals surface area contributed by atoms with Crippen molar-refractivity contribution in [3.05, 3.63) is 29.3 Å². The van der Waals surface area contributed by atoms with Crippen molar-refractivity contribution in [2.75, 3.05) is 38.2 Å². The van der Waals surface area contributed by atoms with Crippen LogP contribution in [0.3, 0.4) is 0 Å². The molecule has 1 aromatic carbocycles. The second-order valence-corrected chi connectivity index (χ2v) is 9.50. The zero-order valence-electron chi connectivity index (χ0n) is 14.0. The summed E-state index contributed by atoms with van der Waals surface area (Å²) in [6, 6.07) is 6.51. The molecule has 0 aromatic heterocycles. The summed E-state index contributed by atoms with van der Waals surface area (Å²) in [6.07, 6.45) is 5.47. The number of amides is 1. The zero-order chi connectivity index (χ0) is 17.2. The normalized spacial score (nSPS) is 19.1. The molecule has 0 atom stereocenters. The molecule has 5 nitrogen and oxygen atoms in total. The van der Waals surface area contributed by atoms with Crippen LogP contribution in [-0.2, 0) is 27.7 Å². The molecule has 7 heteroatoms. The van der Waals surface area contributed by atoms with Gasteiger partial charge in [0.1, 0.15) is 0 Å². The number of sulfonamides is 1. The van der Waals surface area contributed by atoms with E-state index in [0.717, 1.165) is 11.3 Å². The number of carbonyl (C=O) groups excluding carboxylic acids is 1. The van der Waals surface area contributed by atoms with Gasteiger partial charge in [-0.3, -0.25) is 4.79 Å². The van der Waals surface area contributed by atoms with Crippen molar-refractivity contribution < 1.29 is 13.2 Å². The first kappa shape index (κ1) is 17.8. The number of thioether (sulfide) groups is 1. The molecule has 0 N–H and O–H groups in total. The minimum Gasteiger partial charge on any atom is -0.341 e. The van der Waals surface area contributed by atoms with E-state index in [1.165, 1.54) is 34.5 Å². The number of rotatable bonds is 4. The quantitative estimate of drug-likeness (QED) is 0.760. The summed E-state index contributed by atoms with van der Waals surface area (Å²) >= 11 is 1.58. The first-order chi connectivity index (χ1) is 11.4. The molecule has 0 spiro atoms. The maximum atomic E-state index is 12.5. The molecule has 132 valence electrons. The van der Waals surface area contributed by atoms with E-state index in [0.29, 0.717) is 38.4 Å². The number of benzene rings is 1. The SMILES string of the molecule is CS(=O)(=O)N1CCCN(C(=O)CSc2ccc3c(c2)CCC3)CC1. The number of carbonyl (C=O) groups is 1. The Balaban J connectivity index is 1.53. The average molecular weight is 369 g/mol. The zero-order valence-corrected chi connectivity index (χ0v) is 15.7. The first-order valence-corrected chi connectivity index (χ1v) is 11.2. The van der Waals surface area contributed by atoms with Gasteiger partial charge in [-0.15, -0.1) is 11.8 Å². The predicted molar refractivity (Wildman–Crippen MR) is 96.8 cm³/mol. The van der Waals surface area contributed by atoms with E-state index < -0.39 is 10.0 Å². The molecule has 3 rings (SSSR count). The molecule has 0 saturated carbocycles. The summed E-state index contributed by atoms with van der Waals surface area (Å²) in [6.45, 7) is 2.01. The van der Waals surface area contributed by atoms with Crippen LogP contribution in [0.5, 0.6) is 0 Å². The van der Waals surface area contributed by atoms with Gasteiger partial charge in [0.15, 0.2) is 0 Å². The van der Waals surface area contributed by atoms with Crippen LogP contribution in [-0.4, -0.2) is 61.7 Å². The van der Waals surface area contributed by atoms with Crippen LogP contribution in [0, 0.1) is 0 Å². The Morgan fingerprint density at radius 3 is 2.67 bits per heavy atom. The lowest BCUT2D eigenvalue weighted by Crippen LogP contribution is -2.37. The molecular weight excluding hydrogens is 344 g/mol. The Morgan fingerprint density at radius 2 is 1.88 bits per heavy atom. The Morgan fingerprint density at radius 1 is 1.08 bits per heavy atom. The summed E-state index contributed by atoms with van der Waals surface area (Å²) in [5.74, 6) is 0.508. The third kappa shape index (κ3) is 4.32. The summed E-state index contributed by atoms with van der Waals surface area (Å²) < 4.78 is 24.7. The molecule has 0 bridgehead atoms. The lowest BCUT2D eigenvalue weighted by atomic mass is 10.1. The fourth-order valence-electron chi connectivity index (χ4n) is 3.35. The molecular formula is C17H24N2O3S2. The second kappa shape index (κ2) is 7.45. The van der Waals surface area contributed by atoms with Gasteiger partial charge in [0.2, 0.25) is 15.9 Å². The molecule has 1 aliphatic carbocycles. The van der Waals surface area contributed by atoms with Gasteiger partial charge in [-0.25, -0.2) is 12.7 Å². The van der Waals surface area contributed by atoms with Crippen molar-refractivity contribution in [3.8, 4) is 0 Å². The smallest absolute Gasteiger partial charge is 0.232 e. The monoisotopic (exact) mass is 368 g/mol. The summed E-state index contributed by atoms with van der Waals surface area (Å²) in [5, 5.41) is 0. The van der Waals surface area contributed by atoms with Crippen LogP contribution >= 0.6 is 11.8 Å². The van der Waals surface area contributed by atoms with Gasteiger partial charge >= 0.3 is 0 Å². The minimum absolute atomic E-state index is 0.0934. The van der Waals surface area contributed by atoms with Crippen molar-refractivity contribution in [2.24, 2.45) is 0 Å². The van der Waals surface area contributed by atoms with E-state index in [2.05, 4.69) is 18.2 Å². The van der Waals surface area contributed by atoms with Crippen LogP contribution in [0.25, 0.3) is 0 Å². The van der Waals surface area contributed by atoms with Crippen molar-refractivity contribution in [2.45, 2.75) is 30.6 Å². The molecule has 1 fully saturated rings. The molecule has 0 unspecified atom stereocenters. The lowest BCUT2D eigenvalue weighted by Gasteiger charge is -2.21. The molecule has 1 aromatic rings.